The number of rotatable bonds is 4. The molecular formula is C20H27ClFIN6O. The topological polar surface area (TPSA) is 65.8 Å². The third-order valence-corrected chi connectivity index (χ3v) is 5.40. The van der Waals surface area contributed by atoms with Crippen LogP contribution in [0, 0.1) is 5.82 Å². The number of aliphatic imine (C=N–C) groups is 1. The van der Waals surface area contributed by atoms with Gasteiger partial charge >= 0.3 is 0 Å². The molecule has 1 aliphatic heterocycles. The molecule has 3 rings (SSSR count). The maximum Gasteiger partial charge on any atom is 0.246 e. The summed E-state index contributed by atoms with van der Waals surface area (Å²) in [5.74, 6) is 0.284. The van der Waals surface area contributed by atoms with Crippen molar-refractivity contribution in [1.29, 1.82) is 0 Å². The summed E-state index contributed by atoms with van der Waals surface area (Å²) in [6, 6.07) is 4.44. The van der Waals surface area contributed by atoms with Gasteiger partial charge in [-0.05, 0) is 17.7 Å². The number of anilines is 1. The van der Waals surface area contributed by atoms with Gasteiger partial charge in [0.25, 0.3) is 0 Å². The second-order valence-electron chi connectivity index (χ2n) is 7.75. The van der Waals surface area contributed by atoms with Gasteiger partial charge in [0.15, 0.2) is 5.96 Å². The van der Waals surface area contributed by atoms with Crippen molar-refractivity contribution in [2.75, 3.05) is 38.1 Å². The fourth-order valence-corrected chi connectivity index (χ4v) is 3.86. The predicted molar refractivity (Wildman–Crippen MR) is 128 cm³/mol. The number of aryl methyl sites for hydroxylation is 1. The molecule has 0 spiro atoms. The van der Waals surface area contributed by atoms with Crippen molar-refractivity contribution in [2.45, 2.75) is 19.3 Å². The molecular weight excluding hydrogens is 522 g/mol. The van der Waals surface area contributed by atoms with E-state index >= 15 is 0 Å². The number of benzene rings is 1. The van der Waals surface area contributed by atoms with Gasteiger partial charge in [-0.1, -0.05) is 31.5 Å². The Morgan fingerprint density at radius 1 is 1.37 bits per heavy atom. The average molecular weight is 549 g/mol. The van der Waals surface area contributed by atoms with E-state index in [1.807, 2.05) is 32.0 Å². The van der Waals surface area contributed by atoms with Gasteiger partial charge in [-0.25, -0.2) is 4.39 Å². The molecule has 0 atom stereocenters. The summed E-state index contributed by atoms with van der Waals surface area (Å²) in [4.78, 5) is 20.6. The van der Waals surface area contributed by atoms with Crippen LogP contribution < -0.4 is 10.2 Å². The highest BCUT2D eigenvalue weighted by atomic mass is 127. The minimum absolute atomic E-state index is 0. The zero-order valence-corrected chi connectivity index (χ0v) is 20.6. The maximum atomic E-state index is 13.4. The molecule has 0 saturated carbocycles. The molecule has 1 N–H and O–H groups in total. The normalized spacial score (nSPS) is 15.3. The fourth-order valence-electron chi connectivity index (χ4n) is 3.44. The van der Waals surface area contributed by atoms with E-state index in [2.05, 4.69) is 15.4 Å². The molecule has 1 amide bonds. The standard InChI is InChI=1S/C20H26ClFN6O.HI/c1-20(2,16-6-5-14(22)9-17(16)21)13-24-19(23-3)27-7-8-28(18(29)12-27)15-10-25-26(4)11-15;/h5-6,9-11H,7-8,12-13H2,1-4H3,(H,23,24);1H. The lowest BCUT2D eigenvalue weighted by molar-refractivity contribution is -0.120. The lowest BCUT2D eigenvalue weighted by atomic mass is 9.84. The lowest BCUT2D eigenvalue weighted by Gasteiger charge is -2.36. The van der Waals surface area contributed by atoms with E-state index in [1.165, 1.54) is 12.1 Å². The third-order valence-electron chi connectivity index (χ3n) is 5.08. The Hall–Kier alpha value is -1.88. The molecule has 0 radical (unpaired) electrons. The highest BCUT2D eigenvalue weighted by Gasteiger charge is 2.29. The quantitative estimate of drug-likeness (QED) is 0.363. The van der Waals surface area contributed by atoms with Crippen LogP contribution in [-0.4, -0.2) is 59.8 Å². The van der Waals surface area contributed by atoms with Gasteiger partial charge in [0.05, 0.1) is 11.9 Å². The van der Waals surface area contributed by atoms with Crippen LogP contribution in [0.2, 0.25) is 5.02 Å². The number of carbonyl (C=O) groups excluding carboxylic acids is 1. The van der Waals surface area contributed by atoms with Crippen LogP contribution in [0.5, 0.6) is 0 Å². The van der Waals surface area contributed by atoms with Gasteiger partial charge in [-0.2, -0.15) is 5.10 Å². The van der Waals surface area contributed by atoms with Crippen LogP contribution in [-0.2, 0) is 17.3 Å². The van der Waals surface area contributed by atoms with Crippen LogP contribution >= 0.6 is 35.6 Å². The first-order valence-corrected chi connectivity index (χ1v) is 9.79. The van der Waals surface area contributed by atoms with Gasteiger partial charge in [-0.3, -0.25) is 14.5 Å². The van der Waals surface area contributed by atoms with Crippen molar-refractivity contribution >= 4 is 53.1 Å². The molecule has 1 fully saturated rings. The van der Waals surface area contributed by atoms with Gasteiger partial charge in [0, 0.05) is 50.4 Å². The molecule has 164 valence electrons. The second kappa shape index (κ2) is 9.95. The monoisotopic (exact) mass is 548 g/mol. The van der Waals surface area contributed by atoms with Crippen molar-refractivity contribution < 1.29 is 9.18 Å². The summed E-state index contributed by atoms with van der Waals surface area (Å²) in [6.07, 6.45) is 3.52. The van der Waals surface area contributed by atoms with Crippen LogP contribution in [0.1, 0.15) is 19.4 Å². The second-order valence-corrected chi connectivity index (χ2v) is 8.16. The Morgan fingerprint density at radius 2 is 2.10 bits per heavy atom. The predicted octanol–water partition coefficient (Wildman–Crippen LogP) is 3.03. The number of nitrogens with zero attached hydrogens (tertiary/aromatic N) is 5. The van der Waals surface area contributed by atoms with Gasteiger partial charge < -0.3 is 15.1 Å². The average Bonchev–Trinajstić information content (AvgIpc) is 3.08. The molecule has 0 bridgehead atoms. The van der Waals surface area contributed by atoms with E-state index in [1.54, 1.807) is 28.9 Å². The van der Waals surface area contributed by atoms with Crippen LogP contribution in [0.25, 0.3) is 0 Å². The summed E-state index contributed by atoms with van der Waals surface area (Å²) in [5, 5.41) is 7.86. The molecule has 0 unspecified atom stereocenters. The van der Waals surface area contributed by atoms with Crippen molar-refractivity contribution in [3.05, 3.63) is 47.0 Å². The van der Waals surface area contributed by atoms with E-state index in [0.29, 0.717) is 30.6 Å². The number of halogens is 3. The Morgan fingerprint density at radius 3 is 2.67 bits per heavy atom. The third kappa shape index (κ3) is 5.42. The van der Waals surface area contributed by atoms with Crippen LogP contribution in [0.4, 0.5) is 10.1 Å². The SMILES string of the molecule is CN=C(NCC(C)(C)c1ccc(F)cc1Cl)N1CCN(c2cnn(C)c2)C(=O)C1.I. The number of carbonyl (C=O) groups is 1. The molecule has 1 aromatic heterocycles. The van der Waals surface area contributed by atoms with Crippen molar-refractivity contribution in [3.8, 4) is 0 Å². The number of nitrogens with one attached hydrogen (secondary N) is 1. The van der Waals surface area contributed by atoms with Crippen LogP contribution in [0.3, 0.4) is 0 Å². The largest absolute Gasteiger partial charge is 0.355 e. The first kappa shape index (κ1) is 24.4. The number of guanidine groups is 1. The molecule has 2 heterocycles. The molecule has 1 aromatic carbocycles. The first-order valence-electron chi connectivity index (χ1n) is 9.41. The van der Waals surface area contributed by atoms with Gasteiger partial charge in [0.2, 0.25) is 5.91 Å². The molecule has 7 nitrogen and oxygen atoms in total. The van der Waals surface area contributed by atoms with Crippen molar-refractivity contribution in [3.63, 3.8) is 0 Å². The maximum absolute atomic E-state index is 13.4. The van der Waals surface area contributed by atoms with E-state index in [9.17, 15) is 9.18 Å². The van der Waals surface area contributed by atoms with Crippen molar-refractivity contribution in [2.24, 2.45) is 12.0 Å². The molecule has 1 aliphatic rings. The van der Waals surface area contributed by atoms with E-state index in [-0.39, 0.29) is 47.7 Å². The number of aromatic nitrogens is 2. The first-order chi connectivity index (χ1) is 13.7. The summed E-state index contributed by atoms with van der Waals surface area (Å²) < 4.78 is 15.1. The molecule has 10 heteroatoms. The zero-order chi connectivity index (χ0) is 21.2. The lowest BCUT2D eigenvalue weighted by Crippen LogP contribution is -2.56. The number of piperazine rings is 1. The molecule has 1 saturated heterocycles. The Kier molecular flexibility index (Phi) is 8.09. The van der Waals surface area contributed by atoms with Gasteiger partial charge in [-0.15, -0.1) is 24.0 Å². The number of hydrogen-bond acceptors (Lipinski definition) is 3. The number of hydrogen-bond donors (Lipinski definition) is 1. The van der Waals surface area contributed by atoms with Crippen LogP contribution in [0.15, 0.2) is 35.6 Å². The zero-order valence-electron chi connectivity index (χ0n) is 17.5. The number of amides is 1. The summed E-state index contributed by atoms with van der Waals surface area (Å²) in [7, 11) is 3.52. The summed E-state index contributed by atoms with van der Waals surface area (Å²) in [6.45, 7) is 6.01. The minimum Gasteiger partial charge on any atom is -0.355 e. The fraction of sp³-hybridized carbons (Fsp3) is 0.450. The highest BCUT2D eigenvalue weighted by molar-refractivity contribution is 14.0. The summed E-state index contributed by atoms with van der Waals surface area (Å²) in [5.41, 5.74) is 1.29. The smallest absolute Gasteiger partial charge is 0.246 e. The van der Waals surface area contributed by atoms with E-state index in [0.717, 1.165) is 11.3 Å². The molecule has 30 heavy (non-hydrogen) atoms. The van der Waals surface area contributed by atoms with E-state index < -0.39 is 0 Å². The Bertz CT molecular complexity index is 932. The summed E-state index contributed by atoms with van der Waals surface area (Å²) >= 11 is 6.24. The Balaban J connectivity index is 0.00000320. The Labute approximate surface area is 198 Å². The molecule has 2 aromatic rings. The van der Waals surface area contributed by atoms with Gasteiger partial charge in [0.1, 0.15) is 12.4 Å². The van der Waals surface area contributed by atoms with Crippen molar-refractivity contribution in [1.82, 2.24) is 20.0 Å². The molecule has 0 aliphatic carbocycles. The van der Waals surface area contributed by atoms with E-state index in [4.69, 9.17) is 11.6 Å². The minimum atomic E-state index is -0.359. The highest BCUT2D eigenvalue weighted by Crippen LogP contribution is 2.30.